The number of benzene rings is 1. The molecule has 2 aromatic rings. The van der Waals surface area contributed by atoms with Crippen LogP contribution in [0, 0.1) is 11.8 Å². The van der Waals surface area contributed by atoms with Crippen LogP contribution in [0.15, 0.2) is 42.6 Å². The van der Waals surface area contributed by atoms with Gasteiger partial charge in [-0.3, -0.25) is 0 Å². The molecule has 2 unspecified atom stereocenters. The lowest BCUT2D eigenvalue weighted by Gasteiger charge is -2.33. The van der Waals surface area contributed by atoms with E-state index < -0.39 is 11.7 Å². The Kier molecular flexibility index (Phi) is 7.42. The maximum absolute atomic E-state index is 12.7. The molecule has 1 N–H and O–H groups in total. The van der Waals surface area contributed by atoms with Gasteiger partial charge in [0.25, 0.3) is 0 Å². The van der Waals surface area contributed by atoms with E-state index in [0.29, 0.717) is 5.82 Å². The van der Waals surface area contributed by atoms with Crippen LogP contribution in [0.2, 0.25) is 5.02 Å². The molecule has 0 bridgehead atoms. The second-order valence-electron chi connectivity index (χ2n) is 10.2. The van der Waals surface area contributed by atoms with Crippen molar-refractivity contribution in [2.75, 3.05) is 62.6 Å². The third kappa shape index (κ3) is 6.22. The van der Waals surface area contributed by atoms with Gasteiger partial charge in [-0.05, 0) is 80.6 Å². The molecule has 0 aliphatic carbocycles. The average molecular weight is 508 g/mol. The predicted octanol–water partition coefficient (Wildman–Crippen LogP) is 5.09. The van der Waals surface area contributed by atoms with Gasteiger partial charge in [0, 0.05) is 62.2 Å². The first kappa shape index (κ1) is 24.7. The number of fused-ring (bicyclic) bond motifs is 1. The smallest absolute Gasteiger partial charge is 0.371 e. The van der Waals surface area contributed by atoms with Crippen LogP contribution in [-0.4, -0.2) is 73.2 Å². The number of hydrogen-bond acceptors (Lipinski definition) is 5. The summed E-state index contributed by atoms with van der Waals surface area (Å²) in [4.78, 5) is 11.6. The van der Waals surface area contributed by atoms with Crippen LogP contribution in [0.5, 0.6) is 0 Å². The van der Waals surface area contributed by atoms with Crippen LogP contribution in [0.3, 0.4) is 0 Å². The molecule has 3 aliphatic rings. The Morgan fingerprint density at radius 1 is 0.886 bits per heavy atom. The number of pyridine rings is 1. The zero-order valence-electron chi connectivity index (χ0n) is 19.9. The van der Waals surface area contributed by atoms with E-state index in [1.54, 1.807) is 0 Å². The summed E-state index contributed by atoms with van der Waals surface area (Å²) < 4.78 is 38.1. The van der Waals surface area contributed by atoms with Crippen LogP contribution in [0.4, 0.5) is 24.7 Å². The van der Waals surface area contributed by atoms with E-state index in [1.807, 2.05) is 12.1 Å². The molecule has 4 heterocycles. The number of piperidine rings is 1. The number of nitrogens with one attached hydrogen (secondary N) is 1. The zero-order valence-corrected chi connectivity index (χ0v) is 20.6. The van der Waals surface area contributed by atoms with Gasteiger partial charge in [-0.2, -0.15) is 13.2 Å². The lowest BCUT2D eigenvalue weighted by molar-refractivity contribution is -0.137. The molecule has 5 nitrogen and oxygen atoms in total. The Morgan fingerprint density at radius 3 is 2.14 bits per heavy atom. The van der Waals surface area contributed by atoms with E-state index in [9.17, 15) is 13.2 Å². The van der Waals surface area contributed by atoms with Gasteiger partial charge < -0.3 is 20.0 Å². The fourth-order valence-corrected chi connectivity index (χ4v) is 5.94. The highest BCUT2D eigenvalue weighted by atomic mass is 35.5. The van der Waals surface area contributed by atoms with Gasteiger partial charge in [0.15, 0.2) is 0 Å². The van der Waals surface area contributed by atoms with E-state index >= 15 is 0 Å². The minimum absolute atomic E-state index is 0.261. The quantitative estimate of drug-likeness (QED) is 0.565. The van der Waals surface area contributed by atoms with Gasteiger partial charge in [0.2, 0.25) is 0 Å². The molecule has 0 radical (unpaired) electrons. The third-order valence-electron chi connectivity index (χ3n) is 7.73. The third-order valence-corrected chi connectivity index (χ3v) is 7.98. The summed E-state index contributed by atoms with van der Waals surface area (Å²) in [6.07, 6.45) is -0.297. The van der Waals surface area contributed by atoms with E-state index in [1.165, 1.54) is 31.3 Å². The second-order valence-corrected chi connectivity index (χ2v) is 10.6. The van der Waals surface area contributed by atoms with Crippen LogP contribution < -0.4 is 10.2 Å². The summed E-state index contributed by atoms with van der Waals surface area (Å²) in [5.41, 5.74) is 0.570. The summed E-state index contributed by atoms with van der Waals surface area (Å²) in [6, 6.07) is 11.0. The molecule has 190 valence electrons. The van der Waals surface area contributed by atoms with E-state index in [4.69, 9.17) is 11.6 Å². The highest BCUT2D eigenvalue weighted by molar-refractivity contribution is 6.30. The molecule has 0 amide bonds. The average Bonchev–Trinajstić information content (AvgIpc) is 3.40. The van der Waals surface area contributed by atoms with Gasteiger partial charge in [-0.25, -0.2) is 4.98 Å². The molecule has 35 heavy (non-hydrogen) atoms. The first-order valence-electron chi connectivity index (χ1n) is 12.6. The first-order valence-corrected chi connectivity index (χ1v) is 13.0. The lowest BCUT2D eigenvalue weighted by Crippen LogP contribution is -2.40. The van der Waals surface area contributed by atoms with Crippen LogP contribution >= 0.6 is 11.6 Å². The fraction of sp³-hybridized carbons (Fsp3) is 0.577. The van der Waals surface area contributed by atoms with E-state index in [-0.39, 0.29) is 6.04 Å². The maximum atomic E-state index is 12.7. The van der Waals surface area contributed by atoms with Crippen molar-refractivity contribution in [1.29, 1.82) is 0 Å². The van der Waals surface area contributed by atoms with Crippen LogP contribution in [-0.2, 0) is 6.18 Å². The minimum Gasteiger partial charge on any atom is -0.371 e. The summed E-state index contributed by atoms with van der Waals surface area (Å²) >= 11 is 6.03. The largest absolute Gasteiger partial charge is 0.417 e. The number of nitrogens with zero attached hydrogens (tertiary/aromatic N) is 4. The van der Waals surface area contributed by atoms with Gasteiger partial charge in [-0.1, -0.05) is 11.6 Å². The second kappa shape index (κ2) is 10.5. The molecular weight excluding hydrogens is 475 g/mol. The highest BCUT2D eigenvalue weighted by Gasteiger charge is 2.39. The number of rotatable bonds is 7. The number of anilines is 2. The molecule has 2 atom stereocenters. The van der Waals surface area contributed by atoms with Crippen molar-refractivity contribution in [2.24, 2.45) is 11.8 Å². The molecule has 3 fully saturated rings. The van der Waals surface area contributed by atoms with Gasteiger partial charge >= 0.3 is 6.18 Å². The monoisotopic (exact) mass is 507 g/mol. The number of likely N-dealkylation sites (tertiary alicyclic amines) is 2. The fourth-order valence-electron chi connectivity index (χ4n) is 5.81. The number of hydrogen-bond donors (Lipinski definition) is 1. The summed E-state index contributed by atoms with van der Waals surface area (Å²) in [7, 11) is 0. The molecule has 0 spiro atoms. The van der Waals surface area contributed by atoms with Crippen molar-refractivity contribution < 1.29 is 13.2 Å². The Bertz CT molecular complexity index is 946. The Balaban J connectivity index is 0.977. The molecule has 5 rings (SSSR count). The lowest BCUT2D eigenvalue weighted by atomic mass is 10.0. The minimum atomic E-state index is -4.34. The van der Waals surface area contributed by atoms with Gasteiger partial charge in [0.05, 0.1) is 5.56 Å². The van der Waals surface area contributed by atoms with Crippen LogP contribution in [0.25, 0.3) is 0 Å². The van der Waals surface area contributed by atoms with Crippen molar-refractivity contribution >= 4 is 23.1 Å². The number of aromatic nitrogens is 1. The Hall–Kier alpha value is -2.03. The molecular formula is C26H33ClF3N5. The molecule has 3 aliphatic heterocycles. The van der Waals surface area contributed by atoms with E-state index in [0.717, 1.165) is 81.2 Å². The summed E-state index contributed by atoms with van der Waals surface area (Å²) in [6.45, 7) is 8.95. The standard InChI is InChI=1S/C26H33ClF3N5/c27-22-3-5-24(6-4-22)35-17-19-15-34(16-20(19)18-35)11-1-10-33-12-8-23(9-13-33)32-25-7-2-21(14-31-25)26(28,29)30/h2-7,14,19-20,23H,1,8-13,15-18H2,(H,31,32). The summed E-state index contributed by atoms with van der Waals surface area (Å²) in [5.74, 6) is 2.03. The highest BCUT2D eigenvalue weighted by Crippen LogP contribution is 2.34. The first-order chi connectivity index (χ1) is 16.8. The topological polar surface area (TPSA) is 34.6 Å². The molecule has 1 aromatic heterocycles. The summed E-state index contributed by atoms with van der Waals surface area (Å²) in [5, 5.41) is 4.09. The Labute approximate surface area is 210 Å². The van der Waals surface area contributed by atoms with Gasteiger partial charge in [0.1, 0.15) is 5.82 Å². The Morgan fingerprint density at radius 2 is 1.54 bits per heavy atom. The van der Waals surface area contributed by atoms with Crippen molar-refractivity contribution in [3.8, 4) is 0 Å². The maximum Gasteiger partial charge on any atom is 0.417 e. The SMILES string of the molecule is FC(F)(F)c1ccc(NC2CCN(CCCN3CC4CN(c5ccc(Cl)cc5)CC4C3)CC2)nc1. The zero-order chi connectivity index (χ0) is 24.4. The van der Waals surface area contributed by atoms with E-state index in [2.05, 4.69) is 37.1 Å². The number of alkyl halides is 3. The number of halogens is 4. The molecule has 3 saturated heterocycles. The molecule has 0 saturated carbocycles. The van der Waals surface area contributed by atoms with Crippen molar-refractivity contribution in [3.05, 3.63) is 53.2 Å². The normalized spacial score (nSPS) is 24.2. The van der Waals surface area contributed by atoms with Crippen molar-refractivity contribution in [2.45, 2.75) is 31.5 Å². The van der Waals surface area contributed by atoms with Crippen LogP contribution in [0.1, 0.15) is 24.8 Å². The van der Waals surface area contributed by atoms with Crippen molar-refractivity contribution in [3.63, 3.8) is 0 Å². The molecule has 1 aromatic carbocycles. The van der Waals surface area contributed by atoms with Gasteiger partial charge in [-0.15, -0.1) is 0 Å². The van der Waals surface area contributed by atoms with Crippen molar-refractivity contribution in [1.82, 2.24) is 14.8 Å². The molecule has 9 heteroatoms. The predicted molar refractivity (Wildman–Crippen MR) is 134 cm³/mol.